The Kier molecular flexibility index (Phi) is 3.06. The zero-order valence-corrected chi connectivity index (χ0v) is 15.9. The molecule has 0 radical (unpaired) electrons. The second-order valence-corrected chi connectivity index (χ2v) is 9.25. The van der Waals surface area contributed by atoms with Gasteiger partial charge in [0.2, 0.25) is 0 Å². The normalized spacial score (nSPS) is 48.5. The Morgan fingerprint density at radius 1 is 1.27 bits per heavy atom. The number of methoxy groups -OCH3 is 1. The number of hydrogen-bond acceptors (Lipinski definition) is 5. The molecule has 0 aromatic rings. The lowest BCUT2D eigenvalue weighted by molar-refractivity contribution is -0.171. The molecule has 26 heavy (non-hydrogen) atoms. The fraction of sp³-hybridized carbons (Fsp3) is 0.714. The second kappa shape index (κ2) is 4.80. The third kappa shape index (κ3) is 1.71. The Labute approximate surface area is 153 Å². The zero-order valence-electron chi connectivity index (χ0n) is 15.9. The van der Waals surface area contributed by atoms with Crippen LogP contribution in [0.15, 0.2) is 23.0 Å². The molecule has 2 saturated carbocycles. The van der Waals surface area contributed by atoms with Crippen LogP contribution in [0.3, 0.4) is 0 Å². The molecule has 5 rings (SSSR count). The lowest BCUT2D eigenvalue weighted by Crippen LogP contribution is -2.58. The van der Waals surface area contributed by atoms with Crippen LogP contribution < -0.4 is 0 Å². The van der Waals surface area contributed by atoms with Crippen molar-refractivity contribution in [2.75, 3.05) is 7.11 Å². The van der Waals surface area contributed by atoms with Gasteiger partial charge in [-0.05, 0) is 56.9 Å². The molecule has 1 saturated heterocycles. The van der Waals surface area contributed by atoms with Crippen LogP contribution in [0.5, 0.6) is 0 Å². The molecular weight excluding hydrogens is 332 g/mol. The van der Waals surface area contributed by atoms with Gasteiger partial charge in [0, 0.05) is 17.1 Å². The van der Waals surface area contributed by atoms with Crippen molar-refractivity contribution in [1.82, 2.24) is 0 Å². The van der Waals surface area contributed by atoms with E-state index in [0.29, 0.717) is 11.3 Å². The van der Waals surface area contributed by atoms with Gasteiger partial charge in [-0.25, -0.2) is 4.79 Å². The van der Waals surface area contributed by atoms with Crippen molar-refractivity contribution in [2.24, 2.45) is 22.7 Å². The fourth-order valence-corrected chi connectivity index (χ4v) is 6.87. The Morgan fingerprint density at radius 3 is 2.77 bits per heavy atom. The summed E-state index contributed by atoms with van der Waals surface area (Å²) in [6.45, 7) is 6.21. The first kappa shape index (κ1) is 16.5. The summed E-state index contributed by atoms with van der Waals surface area (Å²) in [6, 6.07) is 0. The summed E-state index contributed by atoms with van der Waals surface area (Å²) in [5.41, 5.74) is 0.917. The smallest absolute Gasteiger partial charge is 0.339 e. The molecule has 0 unspecified atom stereocenters. The van der Waals surface area contributed by atoms with E-state index in [1.54, 1.807) is 0 Å². The highest BCUT2D eigenvalue weighted by atomic mass is 16.6. The van der Waals surface area contributed by atoms with E-state index in [2.05, 4.69) is 19.9 Å². The average molecular weight is 358 g/mol. The summed E-state index contributed by atoms with van der Waals surface area (Å²) in [5.74, 6) is 0.769. The van der Waals surface area contributed by atoms with E-state index in [1.165, 1.54) is 7.11 Å². The van der Waals surface area contributed by atoms with Crippen molar-refractivity contribution in [1.29, 1.82) is 0 Å². The van der Waals surface area contributed by atoms with Crippen molar-refractivity contribution in [3.8, 4) is 0 Å². The van der Waals surface area contributed by atoms with Gasteiger partial charge in [0.15, 0.2) is 0 Å². The molecule has 3 aliphatic carbocycles. The quantitative estimate of drug-likeness (QED) is 0.532. The van der Waals surface area contributed by atoms with E-state index in [4.69, 9.17) is 14.2 Å². The number of ether oxygens (including phenoxy) is 3. The minimum atomic E-state index is -0.454. The van der Waals surface area contributed by atoms with Crippen LogP contribution >= 0.6 is 0 Å². The molecule has 0 bridgehead atoms. The summed E-state index contributed by atoms with van der Waals surface area (Å²) in [7, 11) is 1.49. The maximum absolute atomic E-state index is 12.7. The highest BCUT2D eigenvalue weighted by Crippen LogP contribution is 2.71. The van der Waals surface area contributed by atoms with E-state index in [0.717, 1.165) is 37.7 Å². The van der Waals surface area contributed by atoms with Gasteiger partial charge in [0.05, 0.1) is 12.5 Å². The van der Waals surface area contributed by atoms with Crippen LogP contribution in [-0.4, -0.2) is 30.8 Å². The predicted octanol–water partition coefficient (Wildman–Crippen LogP) is 3.29. The van der Waals surface area contributed by atoms with Crippen LogP contribution in [0.25, 0.3) is 0 Å². The van der Waals surface area contributed by atoms with Crippen molar-refractivity contribution in [2.45, 2.75) is 64.6 Å². The average Bonchev–Trinajstić information content (AvgIpc) is 3.25. The molecule has 5 nitrogen and oxygen atoms in total. The lowest BCUT2D eigenvalue weighted by Gasteiger charge is -2.58. The van der Waals surface area contributed by atoms with Crippen molar-refractivity contribution < 1.29 is 23.8 Å². The zero-order chi connectivity index (χ0) is 18.5. The van der Waals surface area contributed by atoms with E-state index < -0.39 is 5.41 Å². The van der Waals surface area contributed by atoms with Gasteiger partial charge in [-0.1, -0.05) is 13.3 Å². The summed E-state index contributed by atoms with van der Waals surface area (Å²) in [4.78, 5) is 24.7. The molecular formula is C21H26O5. The van der Waals surface area contributed by atoms with Gasteiger partial charge in [-0.3, -0.25) is 4.79 Å². The van der Waals surface area contributed by atoms with Gasteiger partial charge in [0.1, 0.15) is 17.5 Å². The molecule has 0 amide bonds. The summed E-state index contributed by atoms with van der Waals surface area (Å²) in [6.07, 6.45) is 6.93. The molecule has 5 aliphatic rings. The van der Waals surface area contributed by atoms with Crippen molar-refractivity contribution in [3.63, 3.8) is 0 Å². The molecule has 0 aromatic carbocycles. The Balaban J connectivity index is 1.61. The summed E-state index contributed by atoms with van der Waals surface area (Å²) >= 11 is 0. The topological polar surface area (TPSA) is 65.1 Å². The van der Waals surface area contributed by atoms with Crippen LogP contribution in [0.2, 0.25) is 0 Å². The maximum atomic E-state index is 12.7. The largest absolute Gasteiger partial charge is 0.469 e. The van der Waals surface area contributed by atoms with E-state index in [9.17, 15) is 9.59 Å². The van der Waals surface area contributed by atoms with Gasteiger partial charge < -0.3 is 14.2 Å². The van der Waals surface area contributed by atoms with Gasteiger partial charge >= 0.3 is 11.9 Å². The highest BCUT2D eigenvalue weighted by Gasteiger charge is 2.74. The third-order valence-corrected chi connectivity index (χ3v) is 8.17. The number of carbonyl (C=O) groups excluding carboxylic acids is 2. The highest BCUT2D eigenvalue weighted by molar-refractivity contribution is 5.95. The number of hydrogen-bond donors (Lipinski definition) is 0. The first-order valence-corrected chi connectivity index (χ1v) is 9.69. The second-order valence-electron chi connectivity index (χ2n) is 9.25. The molecule has 5 heteroatoms. The van der Waals surface area contributed by atoms with Gasteiger partial charge in [-0.15, -0.1) is 0 Å². The number of carbonyl (C=O) groups is 2. The SMILES string of the molecule is COC(=O)[C@]1(C)CCC[C@@]2(C)[C@@H]3C=C4OC(=O)C(C)=C4[C@H]4O[C@]43CC[C@@H]21. The monoisotopic (exact) mass is 358 g/mol. The molecule has 1 spiro atoms. The molecule has 140 valence electrons. The van der Waals surface area contributed by atoms with Gasteiger partial charge in [-0.2, -0.15) is 0 Å². The molecule has 6 atom stereocenters. The Morgan fingerprint density at radius 2 is 2.04 bits per heavy atom. The van der Waals surface area contributed by atoms with E-state index >= 15 is 0 Å². The minimum Gasteiger partial charge on any atom is -0.469 e. The standard InChI is InChI=1S/C21H26O5/c1-11-15-12(25-17(11)22)10-14-19(2)7-5-8-20(3,18(23)24-4)13(19)6-9-21(14)16(15)26-21/h10,13-14,16H,5-9H2,1-4H3/t13-,14-,16+,19+,20+,21-/m0/s1. The van der Waals surface area contributed by atoms with Crippen LogP contribution in [0.4, 0.5) is 0 Å². The minimum absolute atomic E-state index is 0.0250. The first-order valence-electron chi connectivity index (χ1n) is 9.69. The summed E-state index contributed by atoms with van der Waals surface area (Å²) < 4.78 is 17.0. The van der Waals surface area contributed by atoms with Crippen LogP contribution in [0.1, 0.15) is 52.9 Å². The van der Waals surface area contributed by atoms with Gasteiger partial charge in [0.25, 0.3) is 0 Å². The van der Waals surface area contributed by atoms with Crippen LogP contribution in [0, 0.1) is 22.7 Å². The molecule has 2 heterocycles. The van der Waals surface area contributed by atoms with Crippen molar-refractivity contribution in [3.05, 3.63) is 23.0 Å². The maximum Gasteiger partial charge on any atom is 0.339 e. The third-order valence-electron chi connectivity index (χ3n) is 8.17. The predicted molar refractivity (Wildman–Crippen MR) is 92.8 cm³/mol. The van der Waals surface area contributed by atoms with E-state index in [1.807, 2.05) is 6.92 Å². The molecule has 3 fully saturated rings. The number of fused-ring (bicyclic) bond motifs is 4. The van der Waals surface area contributed by atoms with E-state index in [-0.39, 0.29) is 40.9 Å². The number of epoxide rings is 1. The van der Waals surface area contributed by atoms with Crippen molar-refractivity contribution >= 4 is 11.9 Å². The Hall–Kier alpha value is -1.62. The lowest BCUT2D eigenvalue weighted by atomic mass is 9.44. The summed E-state index contributed by atoms with van der Waals surface area (Å²) in [5, 5.41) is 0. The number of esters is 2. The number of rotatable bonds is 1. The molecule has 0 aromatic heterocycles. The molecule has 2 aliphatic heterocycles. The first-order chi connectivity index (χ1) is 12.3. The Bertz CT molecular complexity index is 794. The fourth-order valence-electron chi connectivity index (χ4n) is 6.87. The molecule has 0 N–H and O–H groups in total. The van der Waals surface area contributed by atoms with Crippen LogP contribution in [-0.2, 0) is 23.8 Å².